The van der Waals surface area contributed by atoms with Crippen LogP contribution in [0.4, 0.5) is 0 Å². The Morgan fingerprint density at radius 3 is 1.71 bits per heavy atom. The Morgan fingerprint density at radius 1 is 0.824 bits per heavy atom. The summed E-state index contributed by atoms with van der Waals surface area (Å²) in [6, 6.07) is 16.7. The van der Waals surface area contributed by atoms with E-state index in [9.17, 15) is 0 Å². The molecule has 0 fully saturated rings. The van der Waals surface area contributed by atoms with Gasteiger partial charge >= 0.3 is 0 Å². The molecule has 0 heterocycles. The highest BCUT2D eigenvalue weighted by Crippen LogP contribution is 2.08. The molecule has 2 nitrogen and oxygen atoms in total. The second-order valence-corrected chi connectivity index (χ2v) is 3.62. The Hall–Kier alpha value is -1.80. The summed E-state index contributed by atoms with van der Waals surface area (Å²) in [7, 11) is 0. The predicted molar refractivity (Wildman–Crippen MR) is 69.8 cm³/mol. The summed E-state index contributed by atoms with van der Waals surface area (Å²) in [5.74, 6) is 0.322. The van der Waals surface area contributed by atoms with E-state index in [-0.39, 0.29) is 6.61 Å². The zero-order valence-electron chi connectivity index (χ0n) is 10.0. The van der Waals surface area contributed by atoms with Crippen LogP contribution in [0, 0.1) is 0 Å². The minimum atomic E-state index is 0.157. The first-order valence-corrected chi connectivity index (χ1v) is 5.69. The molecule has 0 spiro atoms. The zero-order valence-corrected chi connectivity index (χ0v) is 10.0. The number of benzene rings is 2. The van der Waals surface area contributed by atoms with E-state index < -0.39 is 0 Å². The third kappa shape index (κ3) is 4.70. The van der Waals surface area contributed by atoms with Crippen LogP contribution < -0.4 is 0 Å². The van der Waals surface area contributed by atoms with Gasteiger partial charge in [0, 0.05) is 0 Å². The van der Waals surface area contributed by atoms with Crippen LogP contribution in [-0.2, 0) is 13.0 Å². The van der Waals surface area contributed by atoms with Gasteiger partial charge in [-0.3, -0.25) is 0 Å². The Kier molecular flexibility index (Phi) is 5.83. The fourth-order valence-electron chi connectivity index (χ4n) is 1.48. The van der Waals surface area contributed by atoms with Gasteiger partial charge in [0.15, 0.2) is 0 Å². The standard InChI is InChI=1S/C9H12O.C6H6O/c1-2-8-5-3-4-6-9(8)7-10;7-6-4-2-1-3-5-6/h3-6,10H,2,7H2,1H3;1-5,7H. The topological polar surface area (TPSA) is 40.5 Å². The van der Waals surface area contributed by atoms with Crippen molar-refractivity contribution in [1.29, 1.82) is 0 Å². The van der Waals surface area contributed by atoms with Gasteiger partial charge < -0.3 is 10.2 Å². The highest BCUT2D eigenvalue weighted by Gasteiger charge is 1.94. The first kappa shape index (κ1) is 13.3. The van der Waals surface area contributed by atoms with Crippen LogP contribution >= 0.6 is 0 Å². The summed E-state index contributed by atoms with van der Waals surface area (Å²) in [5.41, 5.74) is 2.29. The maximum absolute atomic E-state index is 8.85. The molecule has 2 aromatic carbocycles. The molecule has 0 aliphatic rings. The first-order chi connectivity index (χ1) is 8.27. The van der Waals surface area contributed by atoms with Crippen molar-refractivity contribution in [2.45, 2.75) is 20.0 Å². The van der Waals surface area contributed by atoms with E-state index in [4.69, 9.17) is 10.2 Å². The summed E-state index contributed by atoms with van der Waals surface area (Å²) < 4.78 is 0. The summed E-state index contributed by atoms with van der Waals surface area (Å²) in [4.78, 5) is 0. The molecule has 17 heavy (non-hydrogen) atoms. The second kappa shape index (κ2) is 7.47. The first-order valence-electron chi connectivity index (χ1n) is 5.69. The molecule has 0 bridgehead atoms. The molecule has 0 atom stereocenters. The number of aromatic hydroxyl groups is 1. The van der Waals surface area contributed by atoms with Crippen molar-refractivity contribution in [1.82, 2.24) is 0 Å². The van der Waals surface area contributed by atoms with E-state index in [2.05, 4.69) is 6.92 Å². The fraction of sp³-hybridized carbons (Fsp3) is 0.200. The Balaban J connectivity index is 0.000000181. The molecule has 0 aromatic heterocycles. The highest BCUT2D eigenvalue weighted by molar-refractivity contribution is 5.26. The van der Waals surface area contributed by atoms with Crippen LogP contribution in [0.25, 0.3) is 0 Å². The minimum absolute atomic E-state index is 0.157. The third-order valence-corrected chi connectivity index (χ3v) is 2.43. The van der Waals surface area contributed by atoms with Crippen LogP contribution in [0.15, 0.2) is 54.6 Å². The SMILES string of the molecule is CCc1ccccc1CO.Oc1ccccc1. The molecule has 0 radical (unpaired) electrons. The van der Waals surface area contributed by atoms with E-state index in [0.717, 1.165) is 12.0 Å². The van der Waals surface area contributed by atoms with Crippen molar-refractivity contribution < 1.29 is 10.2 Å². The van der Waals surface area contributed by atoms with Gasteiger partial charge in [0.05, 0.1) is 6.61 Å². The summed E-state index contributed by atoms with van der Waals surface area (Å²) in [6.45, 7) is 2.25. The molecule has 0 unspecified atom stereocenters. The van der Waals surface area contributed by atoms with Gasteiger partial charge in [0.2, 0.25) is 0 Å². The smallest absolute Gasteiger partial charge is 0.115 e. The molecule has 2 N–H and O–H groups in total. The van der Waals surface area contributed by atoms with Crippen molar-refractivity contribution in [3.8, 4) is 5.75 Å². The van der Waals surface area contributed by atoms with Crippen LogP contribution in [-0.4, -0.2) is 10.2 Å². The van der Waals surface area contributed by atoms with Crippen molar-refractivity contribution in [3.63, 3.8) is 0 Å². The number of aryl methyl sites for hydroxylation is 1. The molecule has 2 heteroatoms. The van der Waals surface area contributed by atoms with E-state index in [1.54, 1.807) is 24.3 Å². The fourth-order valence-corrected chi connectivity index (χ4v) is 1.48. The highest BCUT2D eigenvalue weighted by atomic mass is 16.3. The molecule has 2 aromatic rings. The van der Waals surface area contributed by atoms with Crippen molar-refractivity contribution >= 4 is 0 Å². The maximum atomic E-state index is 8.85. The molecule has 0 amide bonds. The average Bonchev–Trinajstić information content (AvgIpc) is 2.40. The van der Waals surface area contributed by atoms with Crippen LogP contribution in [0.5, 0.6) is 5.75 Å². The number of aliphatic hydroxyl groups excluding tert-OH is 1. The lowest BCUT2D eigenvalue weighted by atomic mass is 10.1. The number of hydrogen-bond donors (Lipinski definition) is 2. The van der Waals surface area contributed by atoms with Crippen LogP contribution in [0.2, 0.25) is 0 Å². The number of para-hydroxylation sites is 1. The van der Waals surface area contributed by atoms with E-state index >= 15 is 0 Å². The summed E-state index contributed by atoms with van der Waals surface area (Å²) in [5, 5.41) is 17.5. The molecule has 0 aliphatic heterocycles. The molecule has 2 rings (SSSR count). The monoisotopic (exact) mass is 230 g/mol. The number of aliphatic hydroxyl groups is 1. The molecule has 0 saturated carbocycles. The van der Waals surface area contributed by atoms with Crippen molar-refractivity contribution in [3.05, 3.63) is 65.7 Å². The lowest BCUT2D eigenvalue weighted by Crippen LogP contribution is -1.90. The normalized spacial score (nSPS) is 9.29. The molecule has 0 aliphatic carbocycles. The Bertz CT molecular complexity index is 401. The van der Waals surface area contributed by atoms with Crippen molar-refractivity contribution in [2.24, 2.45) is 0 Å². The minimum Gasteiger partial charge on any atom is -0.508 e. The van der Waals surface area contributed by atoms with Gasteiger partial charge in [0.1, 0.15) is 5.75 Å². The van der Waals surface area contributed by atoms with Gasteiger partial charge in [-0.25, -0.2) is 0 Å². The predicted octanol–water partition coefficient (Wildman–Crippen LogP) is 3.13. The largest absolute Gasteiger partial charge is 0.508 e. The number of hydrogen-bond acceptors (Lipinski definition) is 2. The second-order valence-electron chi connectivity index (χ2n) is 3.62. The molecular weight excluding hydrogens is 212 g/mol. The molecular formula is C15H18O2. The Morgan fingerprint density at radius 2 is 1.35 bits per heavy atom. The molecule has 0 saturated heterocycles. The number of rotatable bonds is 2. The van der Waals surface area contributed by atoms with Gasteiger partial charge in [-0.2, -0.15) is 0 Å². The maximum Gasteiger partial charge on any atom is 0.115 e. The quantitative estimate of drug-likeness (QED) is 0.832. The number of phenols is 1. The lowest BCUT2D eigenvalue weighted by molar-refractivity contribution is 0.280. The Labute approximate surface area is 102 Å². The van der Waals surface area contributed by atoms with Crippen molar-refractivity contribution in [2.75, 3.05) is 0 Å². The summed E-state index contributed by atoms with van der Waals surface area (Å²) in [6.07, 6.45) is 0.997. The average molecular weight is 230 g/mol. The van der Waals surface area contributed by atoms with E-state index in [1.807, 2.05) is 30.3 Å². The van der Waals surface area contributed by atoms with E-state index in [1.165, 1.54) is 5.56 Å². The van der Waals surface area contributed by atoms with E-state index in [0.29, 0.717) is 5.75 Å². The summed E-state index contributed by atoms with van der Waals surface area (Å²) >= 11 is 0. The van der Waals surface area contributed by atoms with Gasteiger partial charge in [-0.15, -0.1) is 0 Å². The lowest BCUT2D eigenvalue weighted by Gasteiger charge is -2.01. The number of phenolic OH excluding ortho intramolecular Hbond substituents is 1. The third-order valence-electron chi connectivity index (χ3n) is 2.43. The van der Waals surface area contributed by atoms with Crippen LogP contribution in [0.1, 0.15) is 18.1 Å². The van der Waals surface area contributed by atoms with Crippen LogP contribution in [0.3, 0.4) is 0 Å². The molecule has 90 valence electrons. The van der Waals surface area contributed by atoms with Gasteiger partial charge in [-0.1, -0.05) is 49.4 Å². The van der Waals surface area contributed by atoms with Gasteiger partial charge in [-0.05, 0) is 29.7 Å². The van der Waals surface area contributed by atoms with Gasteiger partial charge in [0.25, 0.3) is 0 Å². The zero-order chi connectivity index (χ0) is 12.5.